The molecule has 0 aliphatic rings. The Bertz CT molecular complexity index is 1020. The summed E-state index contributed by atoms with van der Waals surface area (Å²) >= 11 is 6.12. The molecule has 1 amide bonds. The summed E-state index contributed by atoms with van der Waals surface area (Å²) < 4.78 is 35.8. The Labute approximate surface area is 180 Å². The highest BCUT2D eigenvalue weighted by atomic mass is 35.5. The molecule has 0 unspecified atom stereocenters. The molecule has 1 atom stereocenters. The van der Waals surface area contributed by atoms with Gasteiger partial charge in [0.25, 0.3) is 0 Å². The van der Waals surface area contributed by atoms with Crippen LogP contribution < -0.4 is 14.4 Å². The third-order valence-corrected chi connectivity index (χ3v) is 5.68. The van der Waals surface area contributed by atoms with E-state index in [1.54, 1.807) is 6.92 Å². The smallest absolute Gasteiger partial charge is 0.338 e. The van der Waals surface area contributed by atoms with E-state index >= 15 is 0 Å². The van der Waals surface area contributed by atoms with Crippen LogP contribution in [0.3, 0.4) is 0 Å². The highest BCUT2D eigenvalue weighted by molar-refractivity contribution is 7.92. The number of benzene rings is 2. The zero-order valence-corrected chi connectivity index (χ0v) is 18.6. The molecular formula is C20H23ClN2O6S. The van der Waals surface area contributed by atoms with Crippen molar-refractivity contribution in [2.75, 3.05) is 29.6 Å². The summed E-state index contributed by atoms with van der Waals surface area (Å²) in [5.74, 6) is -0.646. The van der Waals surface area contributed by atoms with Gasteiger partial charge in [0.1, 0.15) is 11.8 Å². The summed E-state index contributed by atoms with van der Waals surface area (Å²) in [5, 5.41) is 2.86. The Balaban J connectivity index is 2.24. The number of hydrogen-bond donors (Lipinski definition) is 1. The van der Waals surface area contributed by atoms with Gasteiger partial charge >= 0.3 is 5.97 Å². The van der Waals surface area contributed by atoms with Gasteiger partial charge in [-0.1, -0.05) is 11.6 Å². The van der Waals surface area contributed by atoms with Gasteiger partial charge in [-0.2, -0.15) is 0 Å². The van der Waals surface area contributed by atoms with E-state index < -0.39 is 27.9 Å². The number of methoxy groups -OCH3 is 1. The number of rotatable bonds is 8. The molecule has 2 aromatic rings. The number of sulfonamides is 1. The van der Waals surface area contributed by atoms with Crippen molar-refractivity contribution in [1.82, 2.24) is 0 Å². The second kappa shape index (κ2) is 9.82. The Kier molecular flexibility index (Phi) is 7.69. The molecule has 0 saturated carbocycles. The quantitative estimate of drug-likeness (QED) is 0.614. The summed E-state index contributed by atoms with van der Waals surface area (Å²) in [4.78, 5) is 24.5. The number of halogens is 1. The molecule has 8 nitrogen and oxygen atoms in total. The summed E-state index contributed by atoms with van der Waals surface area (Å²) in [6, 6.07) is 9.45. The van der Waals surface area contributed by atoms with Crippen molar-refractivity contribution in [3.05, 3.63) is 53.1 Å². The molecule has 0 saturated heterocycles. The molecule has 0 spiro atoms. The number of anilines is 2. The summed E-state index contributed by atoms with van der Waals surface area (Å²) in [6.45, 7) is 3.42. The zero-order chi connectivity index (χ0) is 22.5. The minimum atomic E-state index is -3.80. The topological polar surface area (TPSA) is 102 Å². The van der Waals surface area contributed by atoms with Crippen LogP contribution in [0.2, 0.25) is 5.02 Å². The van der Waals surface area contributed by atoms with E-state index in [1.165, 1.54) is 56.5 Å². The van der Waals surface area contributed by atoms with Crippen molar-refractivity contribution < 1.29 is 27.5 Å². The van der Waals surface area contributed by atoms with Crippen LogP contribution in [0.25, 0.3) is 0 Å². The fourth-order valence-electron chi connectivity index (χ4n) is 2.75. The molecule has 0 radical (unpaired) electrons. The highest BCUT2D eigenvalue weighted by Gasteiger charge is 2.29. The maximum Gasteiger partial charge on any atom is 0.338 e. The van der Waals surface area contributed by atoms with Crippen LogP contribution in [0.4, 0.5) is 11.4 Å². The largest absolute Gasteiger partial charge is 0.495 e. The summed E-state index contributed by atoms with van der Waals surface area (Å²) in [7, 11) is -2.36. The lowest BCUT2D eigenvalue weighted by atomic mass is 10.2. The molecule has 0 aliphatic heterocycles. The van der Waals surface area contributed by atoms with Gasteiger partial charge in [0.15, 0.2) is 0 Å². The maximum absolute atomic E-state index is 12.7. The molecule has 0 bridgehead atoms. The third kappa shape index (κ3) is 5.64. The van der Waals surface area contributed by atoms with Gasteiger partial charge in [0.05, 0.1) is 36.2 Å². The average molecular weight is 455 g/mol. The number of carbonyl (C=O) groups excluding carboxylic acids is 2. The second-order valence-electron chi connectivity index (χ2n) is 6.34. The van der Waals surface area contributed by atoms with Crippen LogP contribution in [-0.2, 0) is 19.6 Å². The minimum Gasteiger partial charge on any atom is -0.495 e. The second-order valence-corrected chi connectivity index (χ2v) is 8.61. The molecule has 10 heteroatoms. The molecule has 0 aliphatic carbocycles. The van der Waals surface area contributed by atoms with Crippen molar-refractivity contribution in [2.24, 2.45) is 0 Å². The molecule has 1 N–H and O–H groups in total. The Morgan fingerprint density at radius 2 is 1.80 bits per heavy atom. The first-order valence-electron chi connectivity index (χ1n) is 8.99. The van der Waals surface area contributed by atoms with Gasteiger partial charge in [0, 0.05) is 5.69 Å². The van der Waals surface area contributed by atoms with E-state index in [0.717, 1.165) is 10.6 Å². The van der Waals surface area contributed by atoms with Gasteiger partial charge < -0.3 is 14.8 Å². The summed E-state index contributed by atoms with van der Waals surface area (Å²) in [6.07, 6.45) is 1.00. The van der Waals surface area contributed by atoms with E-state index in [0.29, 0.717) is 17.0 Å². The number of carbonyl (C=O) groups is 2. The van der Waals surface area contributed by atoms with Gasteiger partial charge in [-0.05, 0) is 56.3 Å². The Morgan fingerprint density at radius 1 is 1.17 bits per heavy atom. The Morgan fingerprint density at radius 3 is 2.30 bits per heavy atom. The van der Waals surface area contributed by atoms with Gasteiger partial charge in [-0.25, -0.2) is 13.2 Å². The molecule has 0 aromatic heterocycles. The molecule has 30 heavy (non-hydrogen) atoms. The number of nitrogens with one attached hydrogen (secondary N) is 1. The lowest BCUT2D eigenvalue weighted by molar-refractivity contribution is -0.116. The Hall–Kier alpha value is -2.78. The predicted octanol–water partition coefficient (Wildman–Crippen LogP) is 3.32. The first kappa shape index (κ1) is 23.5. The van der Waals surface area contributed by atoms with E-state index in [2.05, 4.69) is 5.32 Å². The fraction of sp³-hybridized carbons (Fsp3) is 0.300. The van der Waals surface area contributed by atoms with Crippen LogP contribution in [0.15, 0.2) is 42.5 Å². The highest BCUT2D eigenvalue weighted by Crippen LogP contribution is 2.31. The van der Waals surface area contributed by atoms with Gasteiger partial charge in [-0.15, -0.1) is 0 Å². The first-order chi connectivity index (χ1) is 14.1. The molecule has 162 valence electrons. The van der Waals surface area contributed by atoms with Crippen LogP contribution in [-0.4, -0.2) is 46.3 Å². The van der Waals surface area contributed by atoms with Crippen molar-refractivity contribution >= 4 is 44.9 Å². The lowest BCUT2D eigenvalue weighted by Gasteiger charge is -2.28. The van der Waals surface area contributed by atoms with Crippen LogP contribution in [0.5, 0.6) is 5.75 Å². The van der Waals surface area contributed by atoms with Crippen molar-refractivity contribution in [2.45, 2.75) is 19.9 Å². The normalized spacial score (nSPS) is 12.0. The minimum absolute atomic E-state index is 0.214. The van der Waals surface area contributed by atoms with E-state index in [9.17, 15) is 18.0 Å². The van der Waals surface area contributed by atoms with E-state index in [-0.39, 0.29) is 17.3 Å². The van der Waals surface area contributed by atoms with Gasteiger partial charge in [0.2, 0.25) is 15.9 Å². The van der Waals surface area contributed by atoms with E-state index in [1.807, 2.05) is 0 Å². The number of nitrogens with zero attached hydrogens (tertiary/aromatic N) is 1. The number of esters is 1. The molecule has 2 aromatic carbocycles. The lowest BCUT2D eigenvalue weighted by Crippen LogP contribution is -2.45. The van der Waals surface area contributed by atoms with E-state index in [4.69, 9.17) is 21.1 Å². The average Bonchev–Trinajstić information content (AvgIpc) is 2.68. The standard InChI is InChI=1S/C20H23ClN2O6S/c1-5-29-20(25)14-6-8-15(9-7-14)22-19(24)13(2)23(30(4,26)27)16-10-11-18(28-3)17(21)12-16/h6-13H,5H2,1-4H3,(H,22,24)/t13-/m0/s1. The van der Waals surface area contributed by atoms with Crippen LogP contribution in [0, 0.1) is 0 Å². The van der Waals surface area contributed by atoms with Crippen molar-refractivity contribution in [3.63, 3.8) is 0 Å². The zero-order valence-electron chi connectivity index (χ0n) is 17.0. The first-order valence-corrected chi connectivity index (χ1v) is 11.2. The van der Waals surface area contributed by atoms with Crippen molar-refractivity contribution in [3.8, 4) is 5.75 Å². The van der Waals surface area contributed by atoms with Crippen LogP contribution in [0.1, 0.15) is 24.2 Å². The fourth-order valence-corrected chi connectivity index (χ4v) is 4.17. The van der Waals surface area contributed by atoms with Crippen molar-refractivity contribution in [1.29, 1.82) is 0 Å². The maximum atomic E-state index is 12.7. The van der Waals surface area contributed by atoms with Crippen LogP contribution >= 0.6 is 11.6 Å². The summed E-state index contributed by atoms with van der Waals surface area (Å²) in [5.41, 5.74) is 0.971. The molecule has 2 rings (SSSR count). The number of ether oxygens (including phenoxy) is 2. The number of amides is 1. The molecule has 0 fully saturated rings. The predicted molar refractivity (Wildman–Crippen MR) is 116 cm³/mol. The van der Waals surface area contributed by atoms with Gasteiger partial charge in [-0.3, -0.25) is 9.10 Å². The number of hydrogen-bond acceptors (Lipinski definition) is 6. The SMILES string of the molecule is CCOC(=O)c1ccc(NC(=O)[C@H](C)N(c2ccc(OC)c(Cl)c2)S(C)(=O)=O)cc1. The monoisotopic (exact) mass is 454 g/mol. The third-order valence-electron chi connectivity index (χ3n) is 4.14. The molecule has 0 heterocycles. The molecular weight excluding hydrogens is 432 g/mol.